The summed E-state index contributed by atoms with van der Waals surface area (Å²) in [7, 11) is 0. The predicted molar refractivity (Wildman–Crippen MR) is 123 cm³/mol. The van der Waals surface area contributed by atoms with Crippen LogP contribution in [0.4, 0.5) is 0 Å². The molecule has 1 aliphatic heterocycles. The number of benzene rings is 4. The van der Waals surface area contributed by atoms with Crippen molar-refractivity contribution in [3.8, 4) is 22.1 Å². The van der Waals surface area contributed by atoms with E-state index in [-0.39, 0.29) is 16.9 Å². The number of ether oxygens (including phenoxy) is 1. The van der Waals surface area contributed by atoms with Crippen LogP contribution in [0.2, 0.25) is 0 Å². The average Bonchev–Trinajstić information content (AvgIpc) is 2.81. The van der Waals surface area contributed by atoms with Gasteiger partial charge in [0.1, 0.15) is 10.5 Å². The smallest absolute Gasteiger partial charge is 0.379 e. The highest BCUT2D eigenvalue weighted by Gasteiger charge is 2.23. The van der Waals surface area contributed by atoms with Crippen molar-refractivity contribution < 1.29 is 9.15 Å². The SMILES string of the molecule is O=c1oc2ccccc2cc1Oc1c2sc3ccccc3nc-2c2ccccc2c1=O. The molecule has 0 saturated heterocycles. The molecule has 2 aliphatic rings. The minimum absolute atomic E-state index is 0.0345. The lowest BCUT2D eigenvalue weighted by Crippen LogP contribution is -2.12. The van der Waals surface area contributed by atoms with E-state index in [1.807, 2.05) is 48.5 Å². The molecule has 1 aromatic heterocycles. The molecule has 148 valence electrons. The van der Waals surface area contributed by atoms with E-state index in [0.717, 1.165) is 15.6 Å². The van der Waals surface area contributed by atoms with Crippen LogP contribution in [0.1, 0.15) is 0 Å². The van der Waals surface area contributed by atoms with Gasteiger partial charge in [0.15, 0.2) is 5.75 Å². The van der Waals surface area contributed by atoms with Gasteiger partial charge >= 0.3 is 5.63 Å². The molecular weight excluding hydrogens is 410 g/mol. The lowest BCUT2D eigenvalue weighted by Gasteiger charge is -2.14. The van der Waals surface area contributed by atoms with Gasteiger partial charge in [-0.15, -0.1) is 11.3 Å². The van der Waals surface area contributed by atoms with Gasteiger partial charge in [-0.1, -0.05) is 54.6 Å². The summed E-state index contributed by atoms with van der Waals surface area (Å²) in [6.07, 6.45) is 0. The second-order valence-electron chi connectivity index (χ2n) is 7.10. The van der Waals surface area contributed by atoms with Crippen molar-refractivity contribution in [3.05, 3.63) is 99.5 Å². The minimum atomic E-state index is -0.641. The highest BCUT2D eigenvalue weighted by atomic mass is 32.1. The van der Waals surface area contributed by atoms with E-state index in [1.165, 1.54) is 11.3 Å². The molecular formula is C25H13NO4S. The molecule has 1 aliphatic carbocycles. The first kappa shape index (κ1) is 17.8. The summed E-state index contributed by atoms with van der Waals surface area (Å²) in [5, 5.41) is 1.95. The molecule has 5 nitrogen and oxygen atoms in total. The highest BCUT2D eigenvalue weighted by molar-refractivity contribution is 7.21. The average molecular weight is 423 g/mol. The number of aromatic nitrogens is 1. The topological polar surface area (TPSA) is 69.4 Å². The quantitative estimate of drug-likeness (QED) is 0.200. The molecule has 4 aromatic rings. The van der Waals surface area contributed by atoms with E-state index in [9.17, 15) is 9.59 Å². The maximum Gasteiger partial charge on any atom is 0.379 e. The molecule has 0 radical (unpaired) electrons. The Morgan fingerprint density at radius 2 is 1.58 bits per heavy atom. The third-order valence-corrected chi connectivity index (χ3v) is 6.33. The van der Waals surface area contributed by atoms with E-state index in [2.05, 4.69) is 0 Å². The Morgan fingerprint density at radius 1 is 0.839 bits per heavy atom. The number of rotatable bonds is 2. The monoisotopic (exact) mass is 423 g/mol. The van der Waals surface area contributed by atoms with Crippen LogP contribution in [-0.4, -0.2) is 4.98 Å². The molecule has 31 heavy (non-hydrogen) atoms. The second kappa shape index (κ2) is 6.75. The third kappa shape index (κ3) is 2.80. The lowest BCUT2D eigenvalue weighted by atomic mass is 10.0. The molecule has 0 saturated carbocycles. The molecule has 0 fully saturated rings. The predicted octanol–water partition coefficient (Wildman–Crippen LogP) is 5.81. The molecule has 3 aromatic carbocycles. The van der Waals surface area contributed by atoms with Crippen LogP contribution in [0.3, 0.4) is 0 Å². The van der Waals surface area contributed by atoms with Crippen molar-refractivity contribution in [2.75, 3.05) is 0 Å². The number of fused-ring (bicyclic) bond motifs is 5. The van der Waals surface area contributed by atoms with Crippen LogP contribution in [0, 0.1) is 0 Å². The Balaban J connectivity index is 1.68. The van der Waals surface area contributed by atoms with Crippen LogP contribution >= 0.6 is 11.3 Å². The summed E-state index contributed by atoms with van der Waals surface area (Å²) in [6, 6.07) is 23.8. The van der Waals surface area contributed by atoms with Crippen molar-refractivity contribution in [1.82, 2.24) is 4.98 Å². The Hall–Kier alpha value is -4.03. The van der Waals surface area contributed by atoms with Gasteiger partial charge < -0.3 is 9.15 Å². The second-order valence-corrected chi connectivity index (χ2v) is 8.15. The molecule has 0 spiro atoms. The molecule has 0 amide bonds. The molecule has 2 heterocycles. The van der Waals surface area contributed by atoms with Crippen LogP contribution in [0.15, 0.2) is 92.9 Å². The van der Waals surface area contributed by atoms with Gasteiger partial charge in [-0.3, -0.25) is 4.79 Å². The first-order valence-electron chi connectivity index (χ1n) is 9.64. The zero-order valence-electron chi connectivity index (χ0n) is 16.0. The fraction of sp³-hybridized carbons (Fsp3) is 0. The largest absolute Gasteiger partial charge is 0.444 e. The number of hydrogen-bond acceptors (Lipinski definition) is 6. The number of para-hydroxylation sites is 2. The highest BCUT2D eigenvalue weighted by Crippen LogP contribution is 2.41. The zero-order valence-corrected chi connectivity index (χ0v) is 16.8. The van der Waals surface area contributed by atoms with Crippen LogP contribution in [-0.2, 0) is 0 Å². The van der Waals surface area contributed by atoms with Crippen molar-refractivity contribution in [3.63, 3.8) is 0 Å². The first-order valence-corrected chi connectivity index (χ1v) is 10.5. The van der Waals surface area contributed by atoms with Crippen LogP contribution in [0.5, 0.6) is 11.5 Å². The van der Waals surface area contributed by atoms with Gasteiger partial charge in [-0.25, -0.2) is 9.78 Å². The van der Waals surface area contributed by atoms with E-state index in [4.69, 9.17) is 14.1 Å². The molecule has 6 rings (SSSR count). The van der Waals surface area contributed by atoms with Crippen molar-refractivity contribution in [2.45, 2.75) is 0 Å². The molecule has 0 bridgehead atoms. The van der Waals surface area contributed by atoms with Gasteiger partial charge in [0.05, 0.1) is 15.9 Å². The Labute approximate surface area is 179 Å². The van der Waals surface area contributed by atoms with E-state index in [0.29, 0.717) is 26.9 Å². The summed E-state index contributed by atoms with van der Waals surface area (Å²) < 4.78 is 12.3. The van der Waals surface area contributed by atoms with Crippen molar-refractivity contribution in [1.29, 1.82) is 0 Å². The maximum absolute atomic E-state index is 13.4. The molecule has 0 atom stereocenters. The van der Waals surface area contributed by atoms with Gasteiger partial charge in [0.25, 0.3) is 0 Å². The number of nitrogens with zero attached hydrogens (tertiary/aromatic N) is 1. The Kier molecular flexibility index (Phi) is 3.88. The first-order chi connectivity index (χ1) is 15.2. The minimum Gasteiger partial charge on any atom is -0.444 e. The third-order valence-electron chi connectivity index (χ3n) is 5.19. The van der Waals surface area contributed by atoms with Crippen LogP contribution in [0.25, 0.3) is 42.5 Å². The summed E-state index contributed by atoms with van der Waals surface area (Å²) >= 11 is 1.42. The summed E-state index contributed by atoms with van der Waals surface area (Å²) in [5.74, 6) is 0.0484. The van der Waals surface area contributed by atoms with E-state index in [1.54, 1.807) is 30.3 Å². The van der Waals surface area contributed by atoms with Crippen molar-refractivity contribution >= 4 is 43.3 Å². The maximum atomic E-state index is 13.4. The van der Waals surface area contributed by atoms with Gasteiger partial charge in [0.2, 0.25) is 11.2 Å². The molecule has 6 heteroatoms. The van der Waals surface area contributed by atoms with Crippen LogP contribution < -0.4 is 15.8 Å². The fourth-order valence-corrected chi connectivity index (χ4v) is 4.80. The molecule has 0 unspecified atom stereocenters. The van der Waals surface area contributed by atoms with Gasteiger partial charge in [0, 0.05) is 16.2 Å². The van der Waals surface area contributed by atoms with E-state index < -0.39 is 5.63 Å². The Bertz CT molecular complexity index is 1720. The fourth-order valence-electron chi connectivity index (χ4n) is 3.73. The summed E-state index contributed by atoms with van der Waals surface area (Å²) in [5.41, 5.74) is 1.03. The van der Waals surface area contributed by atoms with Crippen molar-refractivity contribution in [2.24, 2.45) is 0 Å². The van der Waals surface area contributed by atoms with E-state index >= 15 is 0 Å². The zero-order chi connectivity index (χ0) is 20.9. The van der Waals surface area contributed by atoms with Gasteiger partial charge in [-0.2, -0.15) is 0 Å². The number of hydrogen-bond donors (Lipinski definition) is 0. The normalized spacial score (nSPS) is 11.5. The molecule has 0 N–H and O–H groups in total. The summed E-state index contributed by atoms with van der Waals surface area (Å²) in [6.45, 7) is 0. The van der Waals surface area contributed by atoms with Gasteiger partial charge in [-0.05, 0) is 24.3 Å². The standard InChI is InChI=1S/C25H13NO4S/c27-22-16-9-3-2-8-15(16)21-24(31-20-12-6-4-10-17(20)26-21)23(22)29-19-13-14-7-1-5-11-18(14)30-25(19)28/h1-13H. The summed E-state index contributed by atoms with van der Waals surface area (Å²) in [4.78, 5) is 31.3. The Morgan fingerprint density at radius 3 is 2.48 bits per heavy atom. The lowest BCUT2D eigenvalue weighted by molar-refractivity contribution is 0.437.